The van der Waals surface area contributed by atoms with Crippen LogP contribution in [0.15, 0.2) is 24.3 Å². The number of likely N-dealkylation sites (tertiary alicyclic amines) is 1. The van der Waals surface area contributed by atoms with Crippen molar-refractivity contribution in [3.05, 3.63) is 29.8 Å². The summed E-state index contributed by atoms with van der Waals surface area (Å²) < 4.78 is 0. The molecule has 110 valence electrons. The fraction of sp³-hybridized carbons (Fsp3) is 0.533. The summed E-state index contributed by atoms with van der Waals surface area (Å²) in [5, 5.41) is 12.9. The second kappa shape index (κ2) is 6.72. The Hall–Kier alpha value is -1.59. The van der Waals surface area contributed by atoms with E-state index in [4.69, 9.17) is 5.73 Å². The molecule has 1 aliphatic rings. The summed E-state index contributed by atoms with van der Waals surface area (Å²) in [6.45, 7) is 4.30. The molecule has 0 spiro atoms. The highest BCUT2D eigenvalue weighted by Crippen LogP contribution is 2.19. The number of phenols is 1. The van der Waals surface area contributed by atoms with Crippen molar-refractivity contribution in [2.75, 3.05) is 19.6 Å². The maximum Gasteiger partial charge on any atom is 0.231 e. The Labute approximate surface area is 119 Å². The molecule has 4 N–H and O–H groups in total. The lowest BCUT2D eigenvalue weighted by atomic mass is 10.0. The van der Waals surface area contributed by atoms with Gasteiger partial charge in [0, 0.05) is 25.2 Å². The molecule has 5 nitrogen and oxygen atoms in total. The van der Waals surface area contributed by atoms with Gasteiger partial charge in [-0.2, -0.15) is 0 Å². The van der Waals surface area contributed by atoms with E-state index in [0.29, 0.717) is 18.3 Å². The van der Waals surface area contributed by atoms with Gasteiger partial charge in [-0.15, -0.1) is 0 Å². The van der Waals surface area contributed by atoms with Gasteiger partial charge in [0.25, 0.3) is 0 Å². The number of benzene rings is 1. The predicted octanol–water partition coefficient (Wildman–Crippen LogP) is 0.993. The number of nitrogens with zero attached hydrogens (tertiary/aromatic N) is 1. The number of hydrogen-bond acceptors (Lipinski definition) is 4. The van der Waals surface area contributed by atoms with Crippen LogP contribution in [-0.4, -0.2) is 41.6 Å². The Morgan fingerprint density at radius 2 is 2.00 bits per heavy atom. The van der Waals surface area contributed by atoms with Crippen LogP contribution in [0.2, 0.25) is 0 Å². The van der Waals surface area contributed by atoms with Gasteiger partial charge < -0.3 is 16.2 Å². The molecule has 2 rings (SSSR count). The molecule has 0 saturated carbocycles. The zero-order chi connectivity index (χ0) is 14.5. The molecule has 0 bridgehead atoms. The van der Waals surface area contributed by atoms with E-state index in [1.54, 1.807) is 12.1 Å². The van der Waals surface area contributed by atoms with E-state index in [1.807, 2.05) is 12.1 Å². The van der Waals surface area contributed by atoms with Gasteiger partial charge >= 0.3 is 0 Å². The van der Waals surface area contributed by atoms with E-state index < -0.39 is 0 Å². The van der Waals surface area contributed by atoms with Gasteiger partial charge in [0.1, 0.15) is 5.75 Å². The van der Waals surface area contributed by atoms with Crippen molar-refractivity contribution in [2.24, 2.45) is 5.73 Å². The summed E-state index contributed by atoms with van der Waals surface area (Å²) in [7, 11) is 0. The van der Waals surface area contributed by atoms with Crippen LogP contribution < -0.4 is 11.1 Å². The number of amides is 1. The number of phenolic OH excluding ortho intramolecular Hbond substituents is 1. The minimum absolute atomic E-state index is 0.253. The molecule has 20 heavy (non-hydrogen) atoms. The molecule has 0 aliphatic carbocycles. The quantitative estimate of drug-likeness (QED) is 0.750. The largest absolute Gasteiger partial charge is 0.508 e. The highest BCUT2D eigenvalue weighted by molar-refractivity contribution is 5.75. The van der Waals surface area contributed by atoms with Crippen LogP contribution in [0.1, 0.15) is 31.4 Å². The third-order valence-electron chi connectivity index (χ3n) is 3.85. The van der Waals surface area contributed by atoms with Gasteiger partial charge in [-0.05, 0) is 37.5 Å². The van der Waals surface area contributed by atoms with E-state index in [2.05, 4.69) is 17.1 Å². The van der Waals surface area contributed by atoms with Gasteiger partial charge in [0.2, 0.25) is 5.91 Å². The summed E-state index contributed by atoms with van der Waals surface area (Å²) in [5.74, 6) is 0.0366. The smallest absolute Gasteiger partial charge is 0.231 e. The summed E-state index contributed by atoms with van der Waals surface area (Å²) in [6.07, 6.45) is 2.05. The van der Waals surface area contributed by atoms with Crippen LogP contribution in [-0.2, 0) is 4.79 Å². The van der Waals surface area contributed by atoms with Crippen LogP contribution in [0.3, 0.4) is 0 Å². The van der Waals surface area contributed by atoms with Crippen molar-refractivity contribution in [1.29, 1.82) is 0 Å². The standard InChI is InChI=1S/C15H23N3O2/c1-11(12-2-4-14(19)5-3-12)17-13-6-8-18(9-7-13)10-15(16)20/h2-5,11,13,17,19H,6-10H2,1H3,(H2,16,20). The number of rotatable bonds is 5. The van der Waals surface area contributed by atoms with Crippen LogP contribution >= 0.6 is 0 Å². The zero-order valence-corrected chi connectivity index (χ0v) is 11.9. The Morgan fingerprint density at radius 1 is 1.40 bits per heavy atom. The van der Waals surface area contributed by atoms with Gasteiger partial charge in [-0.3, -0.25) is 9.69 Å². The number of aromatic hydroxyl groups is 1. The van der Waals surface area contributed by atoms with Crippen molar-refractivity contribution >= 4 is 5.91 Å². The SMILES string of the molecule is CC(NC1CCN(CC(N)=O)CC1)c1ccc(O)cc1. The second-order valence-corrected chi connectivity index (χ2v) is 5.50. The van der Waals surface area contributed by atoms with Gasteiger partial charge in [-0.1, -0.05) is 12.1 Å². The third-order valence-corrected chi connectivity index (χ3v) is 3.85. The average Bonchev–Trinajstić information content (AvgIpc) is 2.41. The number of nitrogens with two attached hydrogens (primary N) is 1. The first-order valence-corrected chi connectivity index (χ1v) is 7.10. The first-order chi connectivity index (χ1) is 9.54. The molecule has 1 aromatic carbocycles. The van der Waals surface area contributed by atoms with E-state index >= 15 is 0 Å². The summed E-state index contributed by atoms with van der Waals surface area (Å²) in [4.78, 5) is 13.0. The third kappa shape index (κ3) is 4.21. The molecule has 1 saturated heterocycles. The Kier molecular flexibility index (Phi) is 4.98. The first-order valence-electron chi connectivity index (χ1n) is 7.10. The molecule has 1 amide bonds. The number of hydrogen-bond donors (Lipinski definition) is 3. The normalized spacial score (nSPS) is 18.9. The Balaban J connectivity index is 1.80. The molecule has 1 atom stereocenters. The van der Waals surface area contributed by atoms with Crippen molar-refractivity contribution in [2.45, 2.75) is 31.8 Å². The van der Waals surface area contributed by atoms with E-state index in [9.17, 15) is 9.90 Å². The second-order valence-electron chi connectivity index (χ2n) is 5.50. The number of carbonyl (C=O) groups excluding carboxylic acids is 1. The number of nitrogens with one attached hydrogen (secondary N) is 1. The minimum atomic E-state index is -0.256. The van der Waals surface area contributed by atoms with Crippen LogP contribution in [0.25, 0.3) is 0 Å². The van der Waals surface area contributed by atoms with Gasteiger partial charge in [-0.25, -0.2) is 0 Å². The maximum absolute atomic E-state index is 10.9. The molecular formula is C15H23N3O2. The predicted molar refractivity (Wildman–Crippen MR) is 78.3 cm³/mol. The molecule has 1 aliphatic heterocycles. The Bertz CT molecular complexity index is 439. The van der Waals surface area contributed by atoms with Crippen LogP contribution in [0, 0.1) is 0 Å². The number of piperidine rings is 1. The monoisotopic (exact) mass is 277 g/mol. The van der Waals surface area contributed by atoms with Gasteiger partial charge in [0.15, 0.2) is 0 Å². The van der Waals surface area contributed by atoms with Crippen LogP contribution in [0.5, 0.6) is 5.75 Å². The molecule has 1 unspecified atom stereocenters. The fourth-order valence-electron chi connectivity index (χ4n) is 2.69. The zero-order valence-electron chi connectivity index (χ0n) is 11.9. The van der Waals surface area contributed by atoms with Crippen molar-refractivity contribution < 1.29 is 9.90 Å². The summed E-state index contributed by atoms with van der Waals surface area (Å²) in [6, 6.07) is 8.02. The lowest BCUT2D eigenvalue weighted by molar-refractivity contribution is -0.119. The van der Waals surface area contributed by atoms with Gasteiger partial charge in [0.05, 0.1) is 6.54 Å². The lowest BCUT2D eigenvalue weighted by Crippen LogP contribution is -2.45. The molecule has 0 aromatic heterocycles. The molecule has 0 radical (unpaired) electrons. The molecule has 1 aromatic rings. The summed E-state index contributed by atoms with van der Waals surface area (Å²) >= 11 is 0. The number of primary amides is 1. The maximum atomic E-state index is 10.9. The van der Waals surface area contributed by atoms with Crippen molar-refractivity contribution in [1.82, 2.24) is 10.2 Å². The highest BCUT2D eigenvalue weighted by atomic mass is 16.3. The molecule has 1 fully saturated rings. The van der Waals surface area contributed by atoms with Crippen molar-refractivity contribution in [3.63, 3.8) is 0 Å². The van der Waals surface area contributed by atoms with Crippen LogP contribution in [0.4, 0.5) is 0 Å². The molecule has 5 heteroatoms. The average molecular weight is 277 g/mol. The summed E-state index contributed by atoms with van der Waals surface area (Å²) in [5.41, 5.74) is 6.38. The minimum Gasteiger partial charge on any atom is -0.508 e. The molecule has 1 heterocycles. The Morgan fingerprint density at radius 3 is 2.55 bits per heavy atom. The highest BCUT2D eigenvalue weighted by Gasteiger charge is 2.21. The van der Waals surface area contributed by atoms with Crippen molar-refractivity contribution in [3.8, 4) is 5.75 Å². The number of carbonyl (C=O) groups is 1. The molecular weight excluding hydrogens is 254 g/mol. The van der Waals surface area contributed by atoms with E-state index in [1.165, 1.54) is 5.56 Å². The lowest BCUT2D eigenvalue weighted by Gasteiger charge is -2.33. The topological polar surface area (TPSA) is 78.6 Å². The first kappa shape index (κ1) is 14.8. The van der Waals surface area contributed by atoms with E-state index in [-0.39, 0.29) is 11.9 Å². The fourth-order valence-corrected chi connectivity index (χ4v) is 2.69. The van der Waals surface area contributed by atoms with E-state index in [0.717, 1.165) is 25.9 Å².